The van der Waals surface area contributed by atoms with Crippen molar-refractivity contribution in [1.29, 1.82) is 0 Å². The molecule has 1 saturated heterocycles. The predicted octanol–water partition coefficient (Wildman–Crippen LogP) is 5.81. The molecule has 0 unspecified atom stereocenters. The topological polar surface area (TPSA) is 44.6 Å². The average Bonchev–Trinajstić information content (AvgIpc) is 3.55. The Morgan fingerprint density at radius 3 is 2.35 bits per heavy atom. The van der Waals surface area contributed by atoms with Crippen LogP contribution in [-0.4, -0.2) is 64.3 Å². The molecule has 2 aromatic rings. The highest BCUT2D eigenvalue weighted by molar-refractivity contribution is 5.76. The van der Waals surface area contributed by atoms with Gasteiger partial charge in [-0.25, -0.2) is 9.07 Å². The maximum absolute atomic E-state index is 13.8. The first-order valence-corrected chi connectivity index (χ1v) is 14.5. The van der Waals surface area contributed by atoms with Crippen molar-refractivity contribution in [2.45, 2.75) is 91.6 Å². The van der Waals surface area contributed by atoms with Gasteiger partial charge in [0.15, 0.2) is 0 Å². The van der Waals surface area contributed by atoms with Gasteiger partial charge < -0.3 is 9.80 Å². The lowest BCUT2D eigenvalue weighted by Crippen LogP contribution is -2.49. The molecule has 2 fully saturated rings. The van der Waals surface area contributed by atoms with E-state index in [0.717, 1.165) is 74.7 Å². The maximum Gasteiger partial charge on any atom is 0.222 e. The second kappa shape index (κ2) is 12.9. The lowest BCUT2D eigenvalue weighted by molar-refractivity contribution is -0.132. The summed E-state index contributed by atoms with van der Waals surface area (Å²) in [5, 5.41) is 5.04. The van der Waals surface area contributed by atoms with Crippen molar-refractivity contribution in [2.24, 2.45) is 5.92 Å². The average molecular weight is 512 g/mol. The Bertz CT molecular complexity index is 1000. The SMILES string of the molecule is CCCN(Cc1c(CC)nn(-c2ccc(F)cc2)c1N1CCN(C(C)C)CC1)C(=O)CCC1CCCC1. The normalized spacial score (nSPS) is 17.2. The van der Waals surface area contributed by atoms with Crippen LogP contribution < -0.4 is 4.90 Å². The Kier molecular flexibility index (Phi) is 9.63. The number of carbonyl (C=O) groups excluding carboxylic acids is 1. The number of anilines is 1. The van der Waals surface area contributed by atoms with Gasteiger partial charge in [-0.2, -0.15) is 5.10 Å². The zero-order valence-corrected chi connectivity index (χ0v) is 23.4. The molecule has 1 amide bonds. The molecule has 1 aliphatic heterocycles. The highest BCUT2D eigenvalue weighted by Crippen LogP contribution is 2.32. The number of amides is 1. The molecule has 1 aromatic heterocycles. The largest absolute Gasteiger partial charge is 0.354 e. The fraction of sp³-hybridized carbons (Fsp3) is 0.667. The Labute approximate surface area is 222 Å². The molecule has 6 nitrogen and oxygen atoms in total. The van der Waals surface area contributed by atoms with Crippen molar-refractivity contribution in [1.82, 2.24) is 19.6 Å². The van der Waals surface area contributed by atoms with Gasteiger partial charge in [-0.05, 0) is 63.3 Å². The van der Waals surface area contributed by atoms with Crippen molar-refractivity contribution in [3.8, 4) is 5.69 Å². The monoisotopic (exact) mass is 511 g/mol. The lowest BCUT2D eigenvalue weighted by atomic mass is 10.0. The van der Waals surface area contributed by atoms with E-state index >= 15 is 0 Å². The minimum Gasteiger partial charge on any atom is -0.354 e. The smallest absolute Gasteiger partial charge is 0.222 e. The van der Waals surface area contributed by atoms with Crippen molar-refractivity contribution in [2.75, 3.05) is 37.6 Å². The van der Waals surface area contributed by atoms with Gasteiger partial charge in [0.2, 0.25) is 5.91 Å². The molecule has 1 aliphatic carbocycles. The summed E-state index contributed by atoms with van der Waals surface area (Å²) in [4.78, 5) is 20.4. The molecule has 1 aromatic carbocycles. The van der Waals surface area contributed by atoms with Crippen LogP contribution in [0.15, 0.2) is 24.3 Å². The van der Waals surface area contributed by atoms with E-state index in [4.69, 9.17) is 5.10 Å². The molecular formula is C30H46FN5O. The van der Waals surface area contributed by atoms with Crippen LogP contribution in [0, 0.1) is 11.7 Å². The summed E-state index contributed by atoms with van der Waals surface area (Å²) in [5.41, 5.74) is 3.03. The van der Waals surface area contributed by atoms with Crippen LogP contribution in [0.25, 0.3) is 5.69 Å². The summed E-state index contributed by atoms with van der Waals surface area (Å²) in [6, 6.07) is 7.12. The number of halogens is 1. The number of aromatic nitrogens is 2. The van der Waals surface area contributed by atoms with Crippen LogP contribution in [0.5, 0.6) is 0 Å². The molecular weight excluding hydrogens is 465 g/mol. The van der Waals surface area contributed by atoms with E-state index < -0.39 is 0 Å². The zero-order valence-electron chi connectivity index (χ0n) is 23.4. The van der Waals surface area contributed by atoms with Crippen LogP contribution in [-0.2, 0) is 17.8 Å². The van der Waals surface area contributed by atoms with Crippen molar-refractivity contribution in [3.05, 3.63) is 41.3 Å². The quantitative estimate of drug-likeness (QED) is 0.382. The molecule has 0 spiro atoms. The summed E-state index contributed by atoms with van der Waals surface area (Å²) in [7, 11) is 0. The fourth-order valence-corrected chi connectivity index (χ4v) is 6.01. The highest BCUT2D eigenvalue weighted by Gasteiger charge is 2.29. The fourth-order valence-electron chi connectivity index (χ4n) is 6.01. The van der Waals surface area contributed by atoms with E-state index in [2.05, 4.69) is 42.4 Å². The number of piperazine rings is 1. The Hall–Kier alpha value is -2.41. The minimum atomic E-state index is -0.249. The standard InChI is InChI=1S/C30H46FN5O/c1-5-17-35(29(37)16-11-24-9-7-8-10-24)22-27-28(6-2)32-36(26-14-12-25(31)13-15-26)30(27)34-20-18-33(19-21-34)23(3)4/h12-15,23-24H,5-11,16-22H2,1-4H3. The molecule has 4 rings (SSSR count). The van der Waals surface area contributed by atoms with Gasteiger partial charge in [-0.15, -0.1) is 0 Å². The third kappa shape index (κ3) is 6.73. The first-order valence-electron chi connectivity index (χ1n) is 14.5. The van der Waals surface area contributed by atoms with E-state index in [1.54, 1.807) is 12.1 Å². The molecule has 0 atom stereocenters. The van der Waals surface area contributed by atoms with Gasteiger partial charge in [0.25, 0.3) is 0 Å². The third-order valence-corrected chi connectivity index (χ3v) is 8.23. The molecule has 0 N–H and O–H groups in total. The van der Waals surface area contributed by atoms with Crippen LogP contribution in [0.3, 0.4) is 0 Å². The van der Waals surface area contributed by atoms with E-state index in [9.17, 15) is 9.18 Å². The van der Waals surface area contributed by atoms with E-state index in [1.165, 1.54) is 37.8 Å². The van der Waals surface area contributed by atoms with Gasteiger partial charge in [0.05, 0.1) is 17.9 Å². The second-order valence-electron chi connectivity index (χ2n) is 11.1. The molecule has 7 heteroatoms. The van der Waals surface area contributed by atoms with Crippen LogP contribution in [0.2, 0.25) is 0 Å². The summed E-state index contributed by atoms with van der Waals surface area (Å²) in [6.07, 6.45) is 8.56. The van der Waals surface area contributed by atoms with E-state index in [1.807, 2.05) is 4.68 Å². The highest BCUT2D eigenvalue weighted by atomic mass is 19.1. The Balaban J connectivity index is 1.65. The van der Waals surface area contributed by atoms with Crippen molar-refractivity contribution >= 4 is 11.7 Å². The van der Waals surface area contributed by atoms with Gasteiger partial charge in [0, 0.05) is 50.7 Å². The summed E-state index contributed by atoms with van der Waals surface area (Å²) < 4.78 is 15.8. The number of rotatable bonds is 11. The number of hydrogen-bond acceptors (Lipinski definition) is 4. The van der Waals surface area contributed by atoms with Gasteiger partial charge in [0.1, 0.15) is 11.6 Å². The van der Waals surface area contributed by atoms with Gasteiger partial charge in [-0.1, -0.05) is 39.5 Å². The molecule has 2 aliphatic rings. The molecule has 1 saturated carbocycles. The van der Waals surface area contributed by atoms with E-state index in [0.29, 0.717) is 24.9 Å². The lowest BCUT2D eigenvalue weighted by Gasteiger charge is -2.38. The molecule has 204 valence electrons. The predicted molar refractivity (Wildman–Crippen MR) is 149 cm³/mol. The third-order valence-electron chi connectivity index (χ3n) is 8.23. The Morgan fingerprint density at radius 2 is 1.76 bits per heavy atom. The van der Waals surface area contributed by atoms with Gasteiger partial charge >= 0.3 is 0 Å². The molecule has 2 heterocycles. The van der Waals surface area contributed by atoms with Crippen molar-refractivity contribution in [3.63, 3.8) is 0 Å². The van der Waals surface area contributed by atoms with Crippen LogP contribution in [0.1, 0.15) is 83.9 Å². The van der Waals surface area contributed by atoms with Crippen LogP contribution >= 0.6 is 0 Å². The second-order valence-corrected chi connectivity index (χ2v) is 11.1. The first kappa shape index (κ1) is 27.6. The number of aryl methyl sites for hydroxylation is 1. The molecule has 0 radical (unpaired) electrons. The number of carbonyl (C=O) groups is 1. The number of benzene rings is 1. The zero-order chi connectivity index (χ0) is 26.4. The Morgan fingerprint density at radius 1 is 1.08 bits per heavy atom. The van der Waals surface area contributed by atoms with Gasteiger partial charge in [-0.3, -0.25) is 9.69 Å². The van der Waals surface area contributed by atoms with E-state index in [-0.39, 0.29) is 11.7 Å². The maximum atomic E-state index is 13.8. The summed E-state index contributed by atoms with van der Waals surface area (Å²) in [5.74, 6) is 1.80. The minimum absolute atomic E-state index is 0.249. The van der Waals surface area contributed by atoms with Crippen molar-refractivity contribution < 1.29 is 9.18 Å². The first-order chi connectivity index (χ1) is 17.9. The summed E-state index contributed by atoms with van der Waals surface area (Å²) >= 11 is 0. The molecule has 0 bridgehead atoms. The van der Waals surface area contributed by atoms with Crippen LogP contribution in [0.4, 0.5) is 10.2 Å². The number of hydrogen-bond donors (Lipinski definition) is 0. The number of nitrogens with zero attached hydrogens (tertiary/aromatic N) is 5. The molecule has 37 heavy (non-hydrogen) atoms. The summed E-state index contributed by atoms with van der Waals surface area (Å²) in [6.45, 7) is 13.9.